The molecule has 7 heteroatoms. The molecule has 0 radical (unpaired) electrons. The van der Waals surface area contributed by atoms with Gasteiger partial charge in [-0.1, -0.05) is 19.3 Å². The van der Waals surface area contributed by atoms with Crippen LogP contribution in [-0.4, -0.2) is 41.1 Å². The van der Waals surface area contributed by atoms with Crippen molar-refractivity contribution in [3.63, 3.8) is 0 Å². The Hall–Kier alpha value is -1.79. The molecular formula is C13H21N3O4. The Bertz CT molecular complexity index is 404. The van der Waals surface area contributed by atoms with E-state index in [0.717, 1.165) is 19.3 Å². The first-order valence-electron chi connectivity index (χ1n) is 7.06. The number of carboxylic acids is 1. The smallest absolute Gasteiger partial charge is 0.315 e. The third-order valence-corrected chi connectivity index (χ3v) is 3.99. The molecular weight excluding hydrogens is 262 g/mol. The van der Waals surface area contributed by atoms with Gasteiger partial charge in [0.1, 0.15) is 0 Å². The van der Waals surface area contributed by atoms with Gasteiger partial charge in [-0.2, -0.15) is 0 Å². The zero-order valence-electron chi connectivity index (χ0n) is 11.4. The zero-order valence-corrected chi connectivity index (χ0v) is 11.4. The highest BCUT2D eigenvalue weighted by Gasteiger charge is 2.36. The fraction of sp³-hybridized carbons (Fsp3) is 0.769. The molecule has 0 spiro atoms. The number of aliphatic carboxylic acids is 1. The Morgan fingerprint density at radius 2 is 2.00 bits per heavy atom. The topological polar surface area (TPSA) is 108 Å². The summed E-state index contributed by atoms with van der Waals surface area (Å²) in [5.41, 5.74) is -0.649. The Morgan fingerprint density at radius 1 is 1.30 bits per heavy atom. The third-order valence-electron chi connectivity index (χ3n) is 3.99. The summed E-state index contributed by atoms with van der Waals surface area (Å²) in [6.45, 7) is 0.429. The lowest BCUT2D eigenvalue weighted by atomic mass is 9.79. The van der Waals surface area contributed by atoms with Crippen LogP contribution >= 0.6 is 0 Å². The Morgan fingerprint density at radius 3 is 2.55 bits per heavy atom. The molecule has 20 heavy (non-hydrogen) atoms. The van der Waals surface area contributed by atoms with Crippen LogP contribution in [0.4, 0.5) is 4.79 Å². The molecule has 0 aromatic rings. The number of carbonyl (C=O) groups excluding carboxylic acids is 2. The second-order valence-electron chi connectivity index (χ2n) is 5.72. The number of rotatable bonds is 4. The predicted octanol–water partition coefficient (Wildman–Crippen LogP) is 0.352. The van der Waals surface area contributed by atoms with Gasteiger partial charge < -0.3 is 21.1 Å². The van der Waals surface area contributed by atoms with Crippen LogP contribution in [0.2, 0.25) is 0 Å². The SMILES string of the molecule is O=C(O)CC1(NC(=O)NC2CNC(=O)C2)CCCCC1. The van der Waals surface area contributed by atoms with Gasteiger partial charge in [-0.3, -0.25) is 9.59 Å². The number of urea groups is 1. The van der Waals surface area contributed by atoms with Crippen molar-refractivity contribution in [2.45, 2.75) is 56.5 Å². The monoisotopic (exact) mass is 283 g/mol. The summed E-state index contributed by atoms with van der Waals surface area (Å²) in [5, 5.41) is 17.2. The van der Waals surface area contributed by atoms with Gasteiger partial charge in [0.2, 0.25) is 5.91 Å². The zero-order chi connectivity index (χ0) is 14.6. The molecule has 0 aromatic heterocycles. The van der Waals surface area contributed by atoms with Crippen LogP contribution in [-0.2, 0) is 9.59 Å². The maximum Gasteiger partial charge on any atom is 0.315 e. The number of nitrogens with one attached hydrogen (secondary N) is 3. The molecule has 2 rings (SSSR count). The molecule has 1 atom stereocenters. The van der Waals surface area contributed by atoms with Crippen molar-refractivity contribution in [1.29, 1.82) is 0 Å². The maximum absolute atomic E-state index is 12.0. The van der Waals surface area contributed by atoms with E-state index in [1.807, 2.05) is 0 Å². The van der Waals surface area contributed by atoms with Gasteiger partial charge in [-0.15, -0.1) is 0 Å². The van der Waals surface area contributed by atoms with Gasteiger partial charge in [0, 0.05) is 13.0 Å². The normalized spacial score (nSPS) is 24.8. The molecule has 2 fully saturated rings. The molecule has 1 heterocycles. The fourth-order valence-electron chi connectivity index (χ4n) is 3.03. The van der Waals surface area contributed by atoms with Crippen molar-refractivity contribution < 1.29 is 19.5 Å². The van der Waals surface area contributed by atoms with Crippen molar-refractivity contribution in [1.82, 2.24) is 16.0 Å². The van der Waals surface area contributed by atoms with E-state index in [4.69, 9.17) is 5.11 Å². The van der Waals surface area contributed by atoms with Crippen molar-refractivity contribution in [3.05, 3.63) is 0 Å². The Balaban J connectivity index is 1.91. The minimum absolute atomic E-state index is 0.0533. The van der Waals surface area contributed by atoms with Crippen LogP contribution in [0.1, 0.15) is 44.9 Å². The van der Waals surface area contributed by atoms with Crippen molar-refractivity contribution in [3.8, 4) is 0 Å². The number of carboxylic acid groups (broad SMARTS) is 1. The molecule has 1 aliphatic carbocycles. The van der Waals surface area contributed by atoms with Gasteiger partial charge >= 0.3 is 12.0 Å². The minimum atomic E-state index is -0.898. The highest BCUT2D eigenvalue weighted by Crippen LogP contribution is 2.31. The van der Waals surface area contributed by atoms with E-state index in [2.05, 4.69) is 16.0 Å². The molecule has 1 saturated carbocycles. The van der Waals surface area contributed by atoms with E-state index in [1.54, 1.807) is 0 Å². The molecule has 1 unspecified atom stereocenters. The molecule has 4 N–H and O–H groups in total. The molecule has 1 saturated heterocycles. The lowest BCUT2D eigenvalue weighted by molar-refractivity contribution is -0.139. The Kier molecular flexibility index (Phi) is 4.46. The summed E-state index contributed by atoms with van der Waals surface area (Å²) in [4.78, 5) is 34.1. The van der Waals surface area contributed by atoms with E-state index in [9.17, 15) is 14.4 Å². The summed E-state index contributed by atoms with van der Waals surface area (Å²) in [6, 6.07) is -0.595. The second-order valence-corrected chi connectivity index (χ2v) is 5.72. The second kappa shape index (κ2) is 6.11. The van der Waals surface area contributed by atoms with Crippen LogP contribution in [0.25, 0.3) is 0 Å². The fourth-order valence-corrected chi connectivity index (χ4v) is 3.03. The average Bonchev–Trinajstić information content (AvgIpc) is 2.74. The molecule has 112 valence electrons. The maximum atomic E-state index is 12.0. The number of hydrogen-bond acceptors (Lipinski definition) is 3. The first-order chi connectivity index (χ1) is 9.49. The summed E-state index contributed by atoms with van der Waals surface area (Å²) >= 11 is 0. The lowest BCUT2D eigenvalue weighted by Crippen LogP contribution is -2.56. The van der Waals surface area contributed by atoms with E-state index < -0.39 is 11.5 Å². The van der Waals surface area contributed by atoms with Gasteiger partial charge in [-0.25, -0.2) is 4.79 Å². The largest absolute Gasteiger partial charge is 0.481 e. The summed E-state index contributed by atoms with van der Waals surface area (Å²) in [7, 11) is 0. The molecule has 3 amide bonds. The van der Waals surface area contributed by atoms with Crippen LogP contribution in [0.5, 0.6) is 0 Å². The number of carbonyl (C=O) groups is 3. The Labute approximate surface area is 117 Å². The lowest BCUT2D eigenvalue weighted by Gasteiger charge is -2.37. The standard InChI is InChI=1S/C13H21N3O4/c17-10-6-9(8-14-10)15-12(20)16-13(7-11(18)19)4-2-1-3-5-13/h9H,1-8H2,(H,14,17)(H,18,19)(H2,15,16,20). The predicted molar refractivity (Wildman–Crippen MR) is 71.2 cm³/mol. The summed E-state index contributed by atoms with van der Waals surface area (Å²) < 4.78 is 0. The molecule has 0 bridgehead atoms. The molecule has 0 aromatic carbocycles. The van der Waals surface area contributed by atoms with Crippen LogP contribution < -0.4 is 16.0 Å². The van der Waals surface area contributed by atoms with Gasteiger partial charge in [0.25, 0.3) is 0 Å². The average molecular weight is 283 g/mol. The summed E-state index contributed by atoms with van der Waals surface area (Å²) in [6.07, 6.45) is 4.53. The van der Waals surface area contributed by atoms with Crippen LogP contribution in [0.3, 0.4) is 0 Å². The van der Waals surface area contributed by atoms with E-state index in [0.29, 0.717) is 19.4 Å². The number of hydrogen-bond donors (Lipinski definition) is 4. The van der Waals surface area contributed by atoms with E-state index in [-0.39, 0.29) is 30.8 Å². The minimum Gasteiger partial charge on any atom is -0.481 e. The molecule has 7 nitrogen and oxygen atoms in total. The van der Waals surface area contributed by atoms with Crippen LogP contribution in [0, 0.1) is 0 Å². The molecule has 1 aliphatic heterocycles. The van der Waals surface area contributed by atoms with Crippen LogP contribution in [0.15, 0.2) is 0 Å². The van der Waals surface area contributed by atoms with E-state index >= 15 is 0 Å². The highest BCUT2D eigenvalue weighted by molar-refractivity contribution is 5.82. The van der Waals surface area contributed by atoms with Crippen molar-refractivity contribution in [2.75, 3.05) is 6.54 Å². The third kappa shape index (κ3) is 3.85. The van der Waals surface area contributed by atoms with E-state index in [1.165, 1.54) is 0 Å². The van der Waals surface area contributed by atoms with Gasteiger partial charge in [0.05, 0.1) is 18.0 Å². The van der Waals surface area contributed by atoms with Gasteiger partial charge in [-0.05, 0) is 12.8 Å². The summed E-state index contributed by atoms with van der Waals surface area (Å²) in [5.74, 6) is -0.974. The first kappa shape index (κ1) is 14.6. The molecule has 2 aliphatic rings. The number of amides is 3. The highest BCUT2D eigenvalue weighted by atomic mass is 16.4. The first-order valence-corrected chi connectivity index (χ1v) is 7.06. The van der Waals surface area contributed by atoms with Crippen molar-refractivity contribution in [2.24, 2.45) is 0 Å². The van der Waals surface area contributed by atoms with Crippen molar-refractivity contribution >= 4 is 17.9 Å². The van der Waals surface area contributed by atoms with Gasteiger partial charge in [0.15, 0.2) is 0 Å². The quantitative estimate of drug-likeness (QED) is 0.597.